The zero-order valence-electron chi connectivity index (χ0n) is 12.3. The van der Waals surface area contributed by atoms with Crippen molar-refractivity contribution in [1.82, 2.24) is 14.7 Å². The van der Waals surface area contributed by atoms with E-state index in [0.717, 1.165) is 25.0 Å². The van der Waals surface area contributed by atoms with E-state index in [0.29, 0.717) is 11.4 Å². The van der Waals surface area contributed by atoms with Gasteiger partial charge in [-0.3, -0.25) is 9.48 Å². The minimum absolute atomic E-state index is 0.0203. The molecule has 0 bridgehead atoms. The third-order valence-corrected chi connectivity index (χ3v) is 4.13. The van der Waals surface area contributed by atoms with Gasteiger partial charge >= 0.3 is 0 Å². The molecular weight excluding hydrogens is 240 g/mol. The second-order valence-corrected chi connectivity index (χ2v) is 5.53. The molecule has 1 aliphatic heterocycles. The molecule has 1 amide bonds. The van der Waals surface area contributed by atoms with Gasteiger partial charge in [-0.25, -0.2) is 0 Å². The number of carbonyl (C=O) groups excluding carboxylic acids is 1. The van der Waals surface area contributed by atoms with Crippen molar-refractivity contribution in [1.29, 1.82) is 0 Å². The third kappa shape index (κ3) is 2.33. The Balaban J connectivity index is 2.35. The average molecular weight is 264 g/mol. The first-order valence-corrected chi connectivity index (χ1v) is 7.11. The number of hydrogen-bond donors (Lipinski definition) is 1. The summed E-state index contributed by atoms with van der Waals surface area (Å²) in [6.45, 7) is 6.22. The number of rotatable bonds is 2. The van der Waals surface area contributed by atoms with E-state index in [4.69, 9.17) is 5.73 Å². The number of carbonyl (C=O) groups is 1. The molecule has 1 saturated heterocycles. The number of aryl methyl sites for hydroxylation is 2. The van der Waals surface area contributed by atoms with E-state index in [2.05, 4.69) is 18.9 Å². The molecule has 2 atom stereocenters. The number of piperidine rings is 1. The maximum absolute atomic E-state index is 12.8. The van der Waals surface area contributed by atoms with Crippen molar-refractivity contribution < 1.29 is 4.79 Å². The molecule has 0 aromatic carbocycles. The summed E-state index contributed by atoms with van der Waals surface area (Å²) in [7, 11) is 1.79. The number of amides is 1. The van der Waals surface area contributed by atoms with Gasteiger partial charge in [-0.05, 0) is 39.5 Å². The minimum Gasteiger partial charge on any atom is -0.395 e. The van der Waals surface area contributed by atoms with Gasteiger partial charge in [0.1, 0.15) is 5.69 Å². The molecule has 2 unspecified atom stereocenters. The van der Waals surface area contributed by atoms with E-state index in [1.807, 2.05) is 11.8 Å². The van der Waals surface area contributed by atoms with Crippen molar-refractivity contribution in [2.24, 2.45) is 7.05 Å². The zero-order chi connectivity index (χ0) is 14.2. The van der Waals surface area contributed by atoms with Crippen LogP contribution >= 0.6 is 0 Å². The van der Waals surface area contributed by atoms with Gasteiger partial charge in [-0.15, -0.1) is 0 Å². The van der Waals surface area contributed by atoms with Gasteiger partial charge in [0.15, 0.2) is 0 Å². The van der Waals surface area contributed by atoms with Gasteiger partial charge in [0, 0.05) is 19.1 Å². The molecule has 0 aliphatic carbocycles. The maximum atomic E-state index is 12.8. The molecule has 1 aromatic heterocycles. The van der Waals surface area contributed by atoms with Gasteiger partial charge in [0.05, 0.1) is 11.4 Å². The quantitative estimate of drug-likeness (QED) is 0.888. The Labute approximate surface area is 114 Å². The summed E-state index contributed by atoms with van der Waals surface area (Å²) in [5.74, 6) is 0.0203. The van der Waals surface area contributed by atoms with E-state index in [1.165, 1.54) is 6.42 Å². The average Bonchev–Trinajstić information content (AvgIpc) is 2.63. The lowest BCUT2D eigenvalue weighted by atomic mass is 9.97. The van der Waals surface area contributed by atoms with Crippen LogP contribution in [0.5, 0.6) is 0 Å². The summed E-state index contributed by atoms with van der Waals surface area (Å²) in [6.07, 6.45) is 4.06. The SMILES string of the molecule is CCc1nn(C)c(C(=O)N2C(C)CCCC2C)c1N. The van der Waals surface area contributed by atoms with Crippen molar-refractivity contribution >= 4 is 11.6 Å². The number of nitrogens with zero attached hydrogens (tertiary/aromatic N) is 3. The second-order valence-electron chi connectivity index (χ2n) is 5.53. The van der Waals surface area contributed by atoms with Crippen molar-refractivity contribution in [3.8, 4) is 0 Å². The van der Waals surface area contributed by atoms with Gasteiger partial charge in [-0.2, -0.15) is 5.10 Å². The Hall–Kier alpha value is -1.52. The summed E-state index contributed by atoms with van der Waals surface area (Å²) in [4.78, 5) is 14.7. The summed E-state index contributed by atoms with van der Waals surface area (Å²) in [5, 5.41) is 4.34. The highest BCUT2D eigenvalue weighted by Gasteiger charge is 2.32. The Bertz CT molecular complexity index is 470. The molecule has 2 heterocycles. The van der Waals surface area contributed by atoms with Gasteiger partial charge in [0.2, 0.25) is 0 Å². The number of nitrogens with two attached hydrogens (primary N) is 1. The molecule has 106 valence electrons. The van der Waals surface area contributed by atoms with Crippen LogP contribution in [-0.2, 0) is 13.5 Å². The molecule has 1 aliphatic rings. The second kappa shape index (κ2) is 5.23. The van der Waals surface area contributed by atoms with Crippen LogP contribution in [0.2, 0.25) is 0 Å². The normalized spacial score (nSPS) is 23.7. The molecule has 1 aromatic rings. The van der Waals surface area contributed by atoms with Gasteiger partial charge in [-0.1, -0.05) is 6.92 Å². The van der Waals surface area contributed by atoms with E-state index >= 15 is 0 Å². The van der Waals surface area contributed by atoms with Crippen LogP contribution in [-0.4, -0.2) is 32.7 Å². The van der Waals surface area contributed by atoms with Gasteiger partial charge in [0.25, 0.3) is 5.91 Å². The molecule has 5 nitrogen and oxygen atoms in total. The minimum atomic E-state index is 0.0203. The number of likely N-dealkylation sites (tertiary alicyclic amines) is 1. The highest BCUT2D eigenvalue weighted by Crippen LogP contribution is 2.27. The fraction of sp³-hybridized carbons (Fsp3) is 0.714. The van der Waals surface area contributed by atoms with Crippen LogP contribution in [0.15, 0.2) is 0 Å². The number of nitrogen functional groups attached to an aromatic ring is 1. The standard InChI is InChI=1S/C14H24N4O/c1-5-11-12(15)13(17(4)16-11)14(19)18-9(2)7-6-8-10(18)3/h9-10H,5-8,15H2,1-4H3. The van der Waals surface area contributed by atoms with Crippen LogP contribution in [0.4, 0.5) is 5.69 Å². The first-order chi connectivity index (χ1) is 8.97. The third-order valence-electron chi connectivity index (χ3n) is 4.13. The predicted octanol–water partition coefficient (Wildman–Crippen LogP) is 1.97. The van der Waals surface area contributed by atoms with Crippen molar-refractivity contribution in [2.75, 3.05) is 5.73 Å². The molecule has 0 radical (unpaired) electrons. The lowest BCUT2D eigenvalue weighted by Crippen LogP contribution is -2.48. The number of hydrogen-bond acceptors (Lipinski definition) is 3. The molecule has 0 saturated carbocycles. The Morgan fingerprint density at radius 1 is 1.37 bits per heavy atom. The van der Waals surface area contributed by atoms with E-state index < -0.39 is 0 Å². The van der Waals surface area contributed by atoms with Crippen molar-refractivity contribution in [3.63, 3.8) is 0 Å². The fourth-order valence-electron chi connectivity index (χ4n) is 3.05. The lowest BCUT2D eigenvalue weighted by Gasteiger charge is -2.39. The topological polar surface area (TPSA) is 64.2 Å². The van der Waals surface area contributed by atoms with Crippen molar-refractivity contribution in [3.05, 3.63) is 11.4 Å². The zero-order valence-corrected chi connectivity index (χ0v) is 12.3. The Kier molecular flexibility index (Phi) is 3.83. The summed E-state index contributed by atoms with van der Waals surface area (Å²) in [5.41, 5.74) is 7.97. The summed E-state index contributed by atoms with van der Waals surface area (Å²) >= 11 is 0. The predicted molar refractivity (Wildman–Crippen MR) is 75.9 cm³/mol. The number of aromatic nitrogens is 2. The summed E-state index contributed by atoms with van der Waals surface area (Å²) < 4.78 is 1.63. The van der Waals surface area contributed by atoms with E-state index in [-0.39, 0.29) is 18.0 Å². The van der Waals surface area contributed by atoms with Crippen LogP contribution in [0.1, 0.15) is 56.2 Å². The highest BCUT2D eigenvalue weighted by molar-refractivity contribution is 5.98. The molecule has 5 heteroatoms. The Morgan fingerprint density at radius 3 is 2.42 bits per heavy atom. The maximum Gasteiger partial charge on any atom is 0.274 e. The lowest BCUT2D eigenvalue weighted by molar-refractivity contribution is 0.0500. The number of anilines is 1. The molecule has 2 N–H and O–H groups in total. The van der Waals surface area contributed by atoms with Crippen LogP contribution in [0, 0.1) is 0 Å². The van der Waals surface area contributed by atoms with Crippen LogP contribution < -0.4 is 5.73 Å². The monoisotopic (exact) mass is 264 g/mol. The first-order valence-electron chi connectivity index (χ1n) is 7.11. The Morgan fingerprint density at radius 2 is 1.95 bits per heavy atom. The first kappa shape index (κ1) is 13.9. The van der Waals surface area contributed by atoms with Gasteiger partial charge < -0.3 is 10.6 Å². The molecule has 19 heavy (non-hydrogen) atoms. The van der Waals surface area contributed by atoms with E-state index in [9.17, 15) is 4.79 Å². The molecular formula is C14H24N4O. The summed E-state index contributed by atoms with van der Waals surface area (Å²) in [6, 6.07) is 0.547. The van der Waals surface area contributed by atoms with E-state index in [1.54, 1.807) is 11.7 Å². The molecule has 1 fully saturated rings. The van der Waals surface area contributed by atoms with Crippen LogP contribution in [0.3, 0.4) is 0 Å². The molecule has 0 spiro atoms. The molecule has 2 rings (SSSR count). The fourth-order valence-corrected chi connectivity index (χ4v) is 3.05. The largest absolute Gasteiger partial charge is 0.395 e. The van der Waals surface area contributed by atoms with Crippen molar-refractivity contribution in [2.45, 2.75) is 58.5 Å². The van der Waals surface area contributed by atoms with Crippen LogP contribution in [0.25, 0.3) is 0 Å². The highest BCUT2D eigenvalue weighted by atomic mass is 16.2. The smallest absolute Gasteiger partial charge is 0.274 e.